The van der Waals surface area contributed by atoms with Gasteiger partial charge in [0, 0.05) is 0 Å². The third kappa shape index (κ3) is 3.34. The van der Waals surface area contributed by atoms with Crippen LogP contribution in [-0.4, -0.2) is 42.4 Å². The zero-order valence-corrected chi connectivity index (χ0v) is 14.1. The van der Waals surface area contributed by atoms with E-state index in [1.807, 2.05) is 25.1 Å². The molecule has 3 rings (SSSR count). The van der Waals surface area contributed by atoms with Crippen LogP contribution in [-0.2, 0) is 9.84 Å². The minimum absolute atomic E-state index is 0.111. The van der Waals surface area contributed by atoms with E-state index in [0.29, 0.717) is 5.13 Å². The molecule has 1 aliphatic heterocycles. The molecule has 9 heteroatoms. The summed E-state index contributed by atoms with van der Waals surface area (Å²) in [5.41, 5.74) is 1.93. The van der Waals surface area contributed by atoms with Crippen molar-refractivity contribution >= 4 is 54.2 Å². The number of nitrogens with one attached hydrogen (secondary N) is 2. The number of nitrogens with zero attached hydrogens (tertiary/aromatic N) is 1. The van der Waals surface area contributed by atoms with E-state index >= 15 is 0 Å². The summed E-state index contributed by atoms with van der Waals surface area (Å²) < 4.78 is 23.9. The maximum Gasteiger partial charge on any atom is 0.321 e. The van der Waals surface area contributed by atoms with Crippen LogP contribution in [0, 0.1) is 6.92 Å². The number of benzene rings is 1. The highest BCUT2D eigenvalue weighted by atomic mass is 35.5. The predicted octanol–water partition coefficient (Wildman–Crippen LogP) is 2.13. The Balaban J connectivity index is 1.68. The number of halogens is 1. The van der Waals surface area contributed by atoms with Gasteiger partial charge in [0.05, 0.1) is 33.1 Å². The fraction of sp³-hybridized carbons (Fsp3) is 0.385. The van der Waals surface area contributed by atoms with Gasteiger partial charge in [-0.2, -0.15) is 0 Å². The number of urea groups is 1. The number of aromatic nitrogens is 1. The highest BCUT2D eigenvalue weighted by Gasteiger charge is 2.37. The lowest BCUT2D eigenvalue weighted by Crippen LogP contribution is -2.42. The summed E-state index contributed by atoms with van der Waals surface area (Å²) in [6.07, 6.45) is 0. The van der Waals surface area contributed by atoms with Crippen LogP contribution < -0.4 is 10.6 Å². The Hall–Kier alpha value is -1.38. The lowest BCUT2D eigenvalue weighted by Gasteiger charge is -2.13. The van der Waals surface area contributed by atoms with Gasteiger partial charge in [-0.15, -0.1) is 11.6 Å². The molecule has 2 amide bonds. The first-order valence-corrected chi connectivity index (χ1v) is 9.69. The first-order valence-electron chi connectivity index (χ1n) is 6.62. The van der Waals surface area contributed by atoms with Crippen molar-refractivity contribution in [3.05, 3.63) is 23.8 Å². The van der Waals surface area contributed by atoms with Crippen LogP contribution in [0.5, 0.6) is 0 Å². The summed E-state index contributed by atoms with van der Waals surface area (Å²) in [7, 11) is -3.18. The largest absolute Gasteiger partial charge is 0.333 e. The molecule has 0 bridgehead atoms. The maximum atomic E-state index is 12.0. The maximum absolute atomic E-state index is 12.0. The van der Waals surface area contributed by atoms with Gasteiger partial charge in [-0.25, -0.2) is 18.2 Å². The molecule has 0 spiro atoms. The van der Waals surface area contributed by atoms with Crippen LogP contribution in [0.15, 0.2) is 18.2 Å². The molecule has 1 aromatic carbocycles. The van der Waals surface area contributed by atoms with Gasteiger partial charge in [-0.1, -0.05) is 17.4 Å². The second-order valence-electron chi connectivity index (χ2n) is 5.29. The smallest absolute Gasteiger partial charge is 0.321 e. The van der Waals surface area contributed by atoms with E-state index in [1.54, 1.807) is 0 Å². The lowest BCUT2D eigenvalue weighted by molar-refractivity contribution is 0.249. The first kappa shape index (κ1) is 15.5. The van der Waals surface area contributed by atoms with E-state index in [2.05, 4.69) is 15.6 Å². The Labute approximate surface area is 136 Å². The standard InChI is InChI=1S/C13H14ClN3O3S2/c1-7-2-3-9-11(4-7)21-13(16-9)17-12(18)15-10-6-22(19,20)5-8(10)14/h2-4,8,10H,5-6H2,1H3,(H2,15,16,17,18). The number of rotatable bonds is 2. The molecule has 118 valence electrons. The zero-order valence-electron chi connectivity index (χ0n) is 11.7. The second kappa shape index (κ2) is 5.68. The van der Waals surface area contributed by atoms with E-state index < -0.39 is 27.3 Å². The number of aryl methyl sites for hydroxylation is 1. The Morgan fingerprint density at radius 2 is 2.18 bits per heavy atom. The van der Waals surface area contributed by atoms with Crippen molar-refractivity contribution in [1.29, 1.82) is 0 Å². The van der Waals surface area contributed by atoms with Gasteiger partial charge in [0.15, 0.2) is 15.0 Å². The SMILES string of the molecule is Cc1ccc2nc(NC(=O)NC3CS(=O)(=O)CC3Cl)sc2c1. The summed E-state index contributed by atoms with van der Waals surface area (Å²) in [6, 6.07) is 4.76. The molecule has 2 heterocycles. The third-order valence-corrected chi connectivity index (χ3v) is 6.67. The van der Waals surface area contributed by atoms with E-state index in [9.17, 15) is 13.2 Å². The molecule has 1 saturated heterocycles. The Morgan fingerprint density at radius 3 is 2.86 bits per heavy atom. The molecule has 1 aromatic heterocycles. The van der Waals surface area contributed by atoms with Gasteiger partial charge in [-0.3, -0.25) is 5.32 Å². The van der Waals surface area contributed by atoms with Crippen LogP contribution in [0.2, 0.25) is 0 Å². The first-order chi connectivity index (χ1) is 10.3. The number of thiazole rings is 1. The van der Waals surface area contributed by atoms with Crippen LogP contribution in [0.1, 0.15) is 5.56 Å². The number of amides is 2. The van der Waals surface area contributed by atoms with Crippen LogP contribution in [0.4, 0.5) is 9.93 Å². The van der Waals surface area contributed by atoms with Crippen LogP contribution in [0.25, 0.3) is 10.2 Å². The van der Waals surface area contributed by atoms with Crippen LogP contribution >= 0.6 is 22.9 Å². The minimum Gasteiger partial charge on any atom is -0.333 e. The van der Waals surface area contributed by atoms with E-state index in [1.165, 1.54) is 11.3 Å². The summed E-state index contributed by atoms with van der Waals surface area (Å²) in [6.45, 7) is 1.99. The molecule has 6 nitrogen and oxygen atoms in total. The molecular weight excluding hydrogens is 346 g/mol. The molecule has 0 saturated carbocycles. The number of anilines is 1. The number of carbonyl (C=O) groups is 1. The lowest BCUT2D eigenvalue weighted by atomic mass is 10.2. The highest BCUT2D eigenvalue weighted by Crippen LogP contribution is 2.26. The molecule has 1 fully saturated rings. The normalized spacial score (nSPS) is 23.5. The molecule has 2 unspecified atom stereocenters. The van der Waals surface area contributed by atoms with Crippen molar-refractivity contribution in [1.82, 2.24) is 10.3 Å². The Bertz CT molecular complexity index is 834. The Kier molecular flexibility index (Phi) is 4.00. The third-order valence-electron chi connectivity index (χ3n) is 3.36. The molecule has 0 aliphatic carbocycles. The van der Waals surface area contributed by atoms with Gasteiger partial charge in [-0.05, 0) is 24.6 Å². The summed E-state index contributed by atoms with van der Waals surface area (Å²) >= 11 is 7.32. The topological polar surface area (TPSA) is 88.2 Å². The Morgan fingerprint density at radius 1 is 1.41 bits per heavy atom. The number of fused-ring (bicyclic) bond motifs is 1. The number of alkyl halides is 1. The van der Waals surface area contributed by atoms with Crippen molar-refractivity contribution in [2.24, 2.45) is 0 Å². The quantitative estimate of drug-likeness (QED) is 0.804. The fourth-order valence-corrected chi connectivity index (χ4v) is 5.83. The van der Waals surface area contributed by atoms with Crippen molar-refractivity contribution < 1.29 is 13.2 Å². The average molecular weight is 360 g/mol. The summed E-state index contributed by atoms with van der Waals surface area (Å²) in [5, 5.41) is 5.08. The molecule has 2 aromatic rings. The molecule has 1 aliphatic rings. The van der Waals surface area contributed by atoms with Gasteiger partial charge in [0.2, 0.25) is 0 Å². The minimum atomic E-state index is -3.18. The van der Waals surface area contributed by atoms with Gasteiger partial charge in [0.25, 0.3) is 0 Å². The highest BCUT2D eigenvalue weighted by molar-refractivity contribution is 7.91. The van der Waals surface area contributed by atoms with Crippen molar-refractivity contribution in [2.45, 2.75) is 18.3 Å². The monoisotopic (exact) mass is 359 g/mol. The summed E-state index contributed by atoms with van der Waals surface area (Å²) in [4.78, 5) is 16.3. The van der Waals surface area contributed by atoms with Gasteiger partial charge >= 0.3 is 6.03 Å². The molecular formula is C13H14ClN3O3S2. The number of hydrogen-bond donors (Lipinski definition) is 2. The van der Waals surface area contributed by atoms with E-state index in [-0.39, 0.29) is 11.5 Å². The van der Waals surface area contributed by atoms with Crippen molar-refractivity contribution in [2.75, 3.05) is 16.8 Å². The van der Waals surface area contributed by atoms with Crippen LogP contribution in [0.3, 0.4) is 0 Å². The second-order valence-corrected chi connectivity index (χ2v) is 9.03. The number of sulfone groups is 1. The van der Waals surface area contributed by atoms with E-state index in [0.717, 1.165) is 15.8 Å². The van der Waals surface area contributed by atoms with E-state index in [4.69, 9.17) is 11.6 Å². The molecule has 2 atom stereocenters. The molecule has 0 radical (unpaired) electrons. The average Bonchev–Trinajstić information content (AvgIpc) is 2.88. The zero-order chi connectivity index (χ0) is 15.9. The summed E-state index contributed by atoms with van der Waals surface area (Å²) in [5.74, 6) is -0.243. The van der Waals surface area contributed by atoms with Gasteiger partial charge in [0.1, 0.15) is 0 Å². The predicted molar refractivity (Wildman–Crippen MR) is 88.6 cm³/mol. The fourth-order valence-electron chi connectivity index (χ4n) is 2.32. The number of hydrogen-bond acceptors (Lipinski definition) is 5. The molecule has 22 heavy (non-hydrogen) atoms. The van der Waals surface area contributed by atoms with Gasteiger partial charge < -0.3 is 5.32 Å². The van der Waals surface area contributed by atoms with Crippen molar-refractivity contribution in [3.63, 3.8) is 0 Å². The molecule has 2 N–H and O–H groups in total. The van der Waals surface area contributed by atoms with Crippen molar-refractivity contribution in [3.8, 4) is 0 Å². The number of carbonyl (C=O) groups excluding carboxylic acids is 1.